The average molecular weight is 288 g/mol. The summed E-state index contributed by atoms with van der Waals surface area (Å²) in [6, 6.07) is 10.4. The van der Waals surface area contributed by atoms with E-state index in [4.69, 9.17) is 0 Å². The minimum atomic E-state index is -2.89. The molecule has 0 aliphatic rings. The largest absolute Gasteiger partial charge is 0.507 e. The highest BCUT2D eigenvalue weighted by Gasteiger charge is 2.10. The van der Waals surface area contributed by atoms with E-state index >= 15 is 0 Å². The molecule has 0 bridgehead atoms. The van der Waals surface area contributed by atoms with Gasteiger partial charge in [-0.2, -0.15) is 8.78 Å². The number of thiol groups is 1. The number of carbonyl (C=O) groups is 1. The Morgan fingerprint density at radius 1 is 1.17 bits per heavy atom. The van der Waals surface area contributed by atoms with Gasteiger partial charge in [-0.25, -0.2) is 0 Å². The van der Waals surface area contributed by atoms with Crippen molar-refractivity contribution in [1.29, 1.82) is 0 Å². The summed E-state index contributed by atoms with van der Waals surface area (Å²) in [4.78, 5) is 7.76. The standard InChI is InChI=1S/C11H8O2.CH3F2PS/c12-7-8-5-6-11(13)10-4-2-1-3-9(8)10;2-1(3,4)5/h1-7,13H;5H,4H2. The number of phenolic OH excluding ortho intramolecular Hbond substituents is 1. The highest BCUT2D eigenvalue weighted by molar-refractivity contribution is 7.86. The van der Waals surface area contributed by atoms with E-state index < -0.39 is 5.00 Å². The zero-order valence-electron chi connectivity index (χ0n) is 9.18. The Hall–Kier alpha value is -1.19. The lowest BCUT2D eigenvalue weighted by Crippen LogP contribution is -1.85. The number of fused-ring (bicyclic) bond motifs is 1. The second-order valence-corrected chi connectivity index (χ2v) is 5.23. The minimum absolute atomic E-state index is 0.209. The maximum Gasteiger partial charge on any atom is 0.301 e. The Balaban J connectivity index is 0.000000280. The molecule has 0 heterocycles. The van der Waals surface area contributed by atoms with Crippen LogP contribution in [-0.2, 0) is 0 Å². The van der Waals surface area contributed by atoms with Crippen LogP contribution in [0, 0.1) is 0 Å². The van der Waals surface area contributed by atoms with Gasteiger partial charge in [-0.1, -0.05) is 33.5 Å². The summed E-state index contributed by atoms with van der Waals surface area (Å²) in [5, 5.41) is 11.0. The summed E-state index contributed by atoms with van der Waals surface area (Å²) in [5.74, 6) is 0.209. The Morgan fingerprint density at radius 3 is 2.17 bits per heavy atom. The zero-order valence-corrected chi connectivity index (χ0v) is 11.2. The van der Waals surface area contributed by atoms with E-state index in [1.54, 1.807) is 12.1 Å². The third-order valence-corrected chi connectivity index (χ3v) is 2.06. The van der Waals surface area contributed by atoms with Crippen molar-refractivity contribution in [3.8, 4) is 5.75 Å². The van der Waals surface area contributed by atoms with E-state index in [0.717, 1.165) is 11.7 Å². The van der Waals surface area contributed by atoms with Gasteiger partial charge in [0.1, 0.15) is 5.75 Å². The molecule has 1 atom stereocenters. The molecule has 2 rings (SSSR count). The number of carbonyl (C=O) groups excluding carboxylic acids is 1. The van der Waals surface area contributed by atoms with Crippen LogP contribution in [0.1, 0.15) is 10.4 Å². The highest BCUT2D eigenvalue weighted by Crippen LogP contribution is 2.26. The van der Waals surface area contributed by atoms with Gasteiger partial charge in [0.05, 0.1) is 0 Å². The molecular weight excluding hydrogens is 277 g/mol. The summed E-state index contributed by atoms with van der Waals surface area (Å²) in [6.07, 6.45) is 0.793. The molecule has 0 saturated carbocycles. The van der Waals surface area contributed by atoms with Crippen LogP contribution < -0.4 is 0 Å². The second kappa shape index (κ2) is 6.12. The lowest BCUT2D eigenvalue weighted by molar-refractivity contribution is 0.112. The van der Waals surface area contributed by atoms with Crippen molar-refractivity contribution in [2.75, 3.05) is 0 Å². The minimum Gasteiger partial charge on any atom is -0.507 e. The summed E-state index contributed by atoms with van der Waals surface area (Å²) < 4.78 is 21.7. The van der Waals surface area contributed by atoms with Gasteiger partial charge in [0.25, 0.3) is 0 Å². The molecule has 0 aliphatic carbocycles. The van der Waals surface area contributed by atoms with Crippen molar-refractivity contribution >= 4 is 38.9 Å². The molecule has 0 aromatic heterocycles. The molecule has 18 heavy (non-hydrogen) atoms. The van der Waals surface area contributed by atoms with Gasteiger partial charge in [-0.3, -0.25) is 4.79 Å². The molecule has 2 aromatic rings. The van der Waals surface area contributed by atoms with Crippen molar-refractivity contribution in [2.45, 2.75) is 5.00 Å². The van der Waals surface area contributed by atoms with Crippen LogP contribution >= 0.6 is 21.9 Å². The number of alkyl halides is 2. The maximum atomic E-state index is 10.8. The Morgan fingerprint density at radius 2 is 1.67 bits per heavy atom. The van der Waals surface area contributed by atoms with Gasteiger partial charge in [0, 0.05) is 10.9 Å². The van der Waals surface area contributed by atoms with Crippen LogP contribution in [0.3, 0.4) is 0 Å². The number of benzene rings is 2. The Kier molecular flexibility index (Phi) is 5.05. The van der Waals surface area contributed by atoms with E-state index in [2.05, 4.69) is 12.6 Å². The molecule has 0 radical (unpaired) electrons. The highest BCUT2D eigenvalue weighted by atomic mass is 32.1. The molecule has 0 spiro atoms. The zero-order chi connectivity index (χ0) is 13.8. The van der Waals surface area contributed by atoms with Crippen LogP contribution in [0.2, 0.25) is 0 Å². The maximum absolute atomic E-state index is 10.8. The first-order valence-electron chi connectivity index (χ1n) is 4.88. The summed E-state index contributed by atoms with van der Waals surface area (Å²) in [7, 11) is 1.25. The van der Waals surface area contributed by atoms with Gasteiger partial charge < -0.3 is 5.11 Å². The quantitative estimate of drug-likeness (QED) is 0.477. The molecule has 0 fully saturated rings. The summed E-state index contributed by atoms with van der Waals surface area (Å²) in [5.41, 5.74) is 0.605. The van der Waals surface area contributed by atoms with Crippen molar-refractivity contribution in [1.82, 2.24) is 0 Å². The van der Waals surface area contributed by atoms with E-state index in [0.29, 0.717) is 10.9 Å². The van der Waals surface area contributed by atoms with Crippen LogP contribution in [-0.4, -0.2) is 16.4 Å². The number of hydrogen-bond donors (Lipinski definition) is 2. The summed E-state index contributed by atoms with van der Waals surface area (Å²) >= 11 is 2.75. The number of halogens is 2. The third kappa shape index (κ3) is 4.59. The third-order valence-electron chi connectivity index (χ3n) is 2.06. The van der Waals surface area contributed by atoms with Gasteiger partial charge in [-0.15, -0.1) is 12.6 Å². The van der Waals surface area contributed by atoms with E-state index in [1.807, 2.05) is 18.2 Å². The SMILES string of the molecule is FC(F)(P)S.O=Cc1ccc(O)c2ccccc12. The molecule has 2 nitrogen and oxygen atoms in total. The number of hydrogen-bond acceptors (Lipinski definition) is 3. The lowest BCUT2D eigenvalue weighted by Gasteiger charge is -2.01. The van der Waals surface area contributed by atoms with Gasteiger partial charge in [0.15, 0.2) is 6.29 Å². The molecule has 6 heteroatoms. The van der Waals surface area contributed by atoms with Crippen LogP contribution in [0.5, 0.6) is 5.75 Å². The molecule has 96 valence electrons. The first kappa shape index (κ1) is 14.9. The number of phenols is 1. The number of aromatic hydroxyl groups is 1. The fourth-order valence-electron chi connectivity index (χ4n) is 1.41. The predicted octanol–water partition coefficient (Wildman–Crippen LogP) is 3.70. The Labute approximate surface area is 111 Å². The molecule has 1 N–H and O–H groups in total. The average Bonchev–Trinajstić information content (AvgIpc) is 2.28. The topological polar surface area (TPSA) is 37.3 Å². The number of aldehydes is 1. The predicted molar refractivity (Wildman–Crippen MR) is 74.6 cm³/mol. The van der Waals surface area contributed by atoms with Crippen molar-refractivity contribution in [2.24, 2.45) is 0 Å². The van der Waals surface area contributed by atoms with Gasteiger partial charge in [-0.05, 0) is 17.5 Å². The fourth-order valence-corrected chi connectivity index (χ4v) is 1.41. The number of rotatable bonds is 1. The normalized spacial score (nSPS) is 10.7. The molecule has 0 aliphatic heterocycles. The van der Waals surface area contributed by atoms with Crippen LogP contribution in [0.25, 0.3) is 10.8 Å². The first-order chi connectivity index (χ1) is 8.33. The molecule has 2 aromatic carbocycles. The first-order valence-corrected chi connectivity index (χ1v) is 5.90. The lowest BCUT2D eigenvalue weighted by atomic mass is 10.0. The summed E-state index contributed by atoms with van der Waals surface area (Å²) in [6.45, 7) is 0. The van der Waals surface area contributed by atoms with Crippen molar-refractivity contribution < 1.29 is 18.7 Å². The smallest absolute Gasteiger partial charge is 0.301 e. The van der Waals surface area contributed by atoms with Crippen molar-refractivity contribution in [3.63, 3.8) is 0 Å². The van der Waals surface area contributed by atoms with Crippen LogP contribution in [0.4, 0.5) is 8.78 Å². The molecular formula is C12H11F2O2PS. The molecule has 1 unspecified atom stereocenters. The van der Waals surface area contributed by atoms with Gasteiger partial charge in [0.2, 0.25) is 0 Å². The van der Waals surface area contributed by atoms with E-state index in [1.165, 1.54) is 15.3 Å². The Bertz CT molecular complexity index is 549. The van der Waals surface area contributed by atoms with E-state index in [9.17, 15) is 18.7 Å². The molecule has 0 saturated heterocycles. The van der Waals surface area contributed by atoms with Gasteiger partial charge >= 0.3 is 5.00 Å². The molecule has 0 amide bonds. The monoisotopic (exact) mass is 288 g/mol. The second-order valence-electron chi connectivity index (χ2n) is 3.43. The fraction of sp³-hybridized carbons (Fsp3) is 0.0833. The van der Waals surface area contributed by atoms with Crippen LogP contribution in [0.15, 0.2) is 36.4 Å². The van der Waals surface area contributed by atoms with Crippen molar-refractivity contribution in [3.05, 3.63) is 42.0 Å². The van der Waals surface area contributed by atoms with E-state index in [-0.39, 0.29) is 5.75 Å².